The summed E-state index contributed by atoms with van der Waals surface area (Å²) in [6, 6.07) is 13.0. The van der Waals surface area contributed by atoms with E-state index < -0.39 is 35.8 Å². The van der Waals surface area contributed by atoms with E-state index in [1.165, 1.54) is 23.3 Å². The first-order valence-electron chi connectivity index (χ1n) is 18.2. The third kappa shape index (κ3) is 8.51. The molecule has 282 valence electrons. The molecule has 1 saturated heterocycles. The van der Waals surface area contributed by atoms with Crippen LogP contribution >= 0.6 is 0 Å². The zero-order valence-electron chi connectivity index (χ0n) is 30.9. The summed E-state index contributed by atoms with van der Waals surface area (Å²) in [5, 5.41) is 18.8. The predicted molar refractivity (Wildman–Crippen MR) is 197 cm³/mol. The largest absolute Gasteiger partial charge is 0.507 e. The van der Waals surface area contributed by atoms with Gasteiger partial charge in [-0.25, -0.2) is 0 Å². The molecule has 53 heavy (non-hydrogen) atoms. The van der Waals surface area contributed by atoms with Gasteiger partial charge in [0.25, 0.3) is 5.91 Å². The third-order valence-electron chi connectivity index (χ3n) is 10.5. The van der Waals surface area contributed by atoms with Crippen molar-refractivity contribution in [1.29, 1.82) is 0 Å². The number of rotatable bonds is 5. The summed E-state index contributed by atoms with van der Waals surface area (Å²) in [6.45, 7) is 7.88. The first-order valence-corrected chi connectivity index (χ1v) is 18.2. The van der Waals surface area contributed by atoms with Crippen molar-refractivity contribution in [1.82, 2.24) is 25.8 Å². The van der Waals surface area contributed by atoms with E-state index in [1.54, 1.807) is 53.2 Å². The topological polar surface area (TPSA) is 159 Å². The van der Waals surface area contributed by atoms with Crippen molar-refractivity contribution < 1.29 is 38.5 Å². The number of carbonyl (C=O) groups is 4. The number of nitrogens with zero attached hydrogens (tertiary/aromatic N) is 2. The van der Waals surface area contributed by atoms with Crippen molar-refractivity contribution in [3.05, 3.63) is 76.9 Å². The van der Waals surface area contributed by atoms with Crippen LogP contribution in [0.1, 0.15) is 60.7 Å². The average Bonchev–Trinajstić information content (AvgIpc) is 3.16. The minimum Gasteiger partial charge on any atom is -0.507 e. The highest BCUT2D eigenvalue weighted by Crippen LogP contribution is 2.35. The highest BCUT2D eigenvalue weighted by Gasteiger charge is 2.35. The fraction of sp³-hybridized carbons (Fsp3) is 0.450. The van der Waals surface area contributed by atoms with Crippen molar-refractivity contribution in [2.24, 2.45) is 5.92 Å². The maximum atomic E-state index is 14.2. The summed E-state index contributed by atoms with van der Waals surface area (Å²) >= 11 is 0. The molecule has 7 rings (SSSR count). The zero-order valence-corrected chi connectivity index (χ0v) is 30.9. The number of hydrogen-bond acceptors (Lipinski definition) is 9. The van der Waals surface area contributed by atoms with Crippen LogP contribution in [0, 0.1) is 5.92 Å². The minimum absolute atomic E-state index is 0.0576. The van der Waals surface area contributed by atoms with Gasteiger partial charge in [-0.1, -0.05) is 26.0 Å². The number of benzene rings is 3. The van der Waals surface area contributed by atoms with Crippen LogP contribution in [-0.2, 0) is 33.8 Å². The third-order valence-corrected chi connectivity index (χ3v) is 10.5. The van der Waals surface area contributed by atoms with Crippen LogP contribution in [0.15, 0.2) is 54.6 Å². The molecule has 0 unspecified atom stereocenters. The first-order chi connectivity index (χ1) is 25.4. The van der Waals surface area contributed by atoms with E-state index in [0.29, 0.717) is 36.4 Å². The molecule has 4 aliphatic rings. The minimum atomic E-state index is -1.01. The number of ether oxygens (including phenoxy) is 3. The lowest BCUT2D eigenvalue weighted by molar-refractivity contribution is -0.138. The van der Waals surface area contributed by atoms with Crippen LogP contribution in [0.3, 0.4) is 0 Å². The molecule has 4 bridgehead atoms. The number of carbonyl (C=O) groups excluding carboxylic acids is 4. The molecule has 4 heterocycles. The number of likely N-dealkylation sites (tertiary alicyclic amines) is 1. The number of piperidine rings is 1. The Labute approximate surface area is 310 Å². The van der Waals surface area contributed by atoms with Gasteiger partial charge in [-0.2, -0.15) is 0 Å². The van der Waals surface area contributed by atoms with Gasteiger partial charge in [0, 0.05) is 38.6 Å². The van der Waals surface area contributed by atoms with Crippen LogP contribution in [-0.4, -0.2) is 96.6 Å². The van der Waals surface area contributed by atoms with Crippen molar-refractivity contribution in [2.45, 2.75) is 77.2 Å². The van der Waals surface area contributed by atoms with Gasteiger partial charge in [-0.15, -0.1) is 0 Å². The first kappa shape index (κ1) is 37.5. The molecule has 0 aliphatic carbocycles. The quantitative estimate of drug-likeness (QED) is 0.289. The molecular formula is C40H49N5O8. The molecule has 13 heteroatoms. The number of phenols is 1. The van der Waals surface area contributed by atoms with Crippen molar-refractivity contribution in [3.63, 3.8) is 0 Å². The molecule has 0 saturated carbocycles. The van der Waals surface area contributed by atoms with Crippen LogP contribution in [0.2, 0.25) is 0 Å². The second kappa shape index (κ2) is 16.2. The standard InChI is InChI=1S/C40H49N5O8/c1-23(2)36-39(49)41-24(3)37(47)42-32(18-25-6-8-29(9-7-25)53-30-10-11-33(46)31(21-30)38(48)43-36)40(50)44-16-13-28(14-17-44)45-15-12-26-19-34(51-4)35(52-5)20-27(26)22-45/h6-11,19-21,23-24,28,32,36,46H,12-18,22H2,1-5H3,(H,41,49)(H,42,47)(H,43,48)/t24-,32-,36-/m0/s1. The Kier molecular flexibility index (Phi) is 11.4. The number of hydrogen-bond donors (Lipinski definition) is 4. The van der Waals surface area contributed by atoms with E-state index in [4.69, 9.17) is 14.2 Å². The van der Waals surface area contributed by atoms with Gasteiger partial charge in [-0.05, 0) is 91.3 Å². The lowest BCUT2D eigenvalue weighted by atomic mass is 9.94. The molecule has 3 aromatic carbocycles. The van der Waals surface area contributed by atoms with Gasteiger partial charge in [-0.3, -0.25) is 24.1 Å². The Morgan fingerprint density at radius 2 is 1.51 bits per heavy atom. The summed E-state index contributed by atoms with van der Waals surface area (Å²) in [4.78, 5) is 58.7. The van der Waals surface area contributed by atoms with Gasteiger partial charge >= 0.3 is 0 Å². The normalized spacial score (nSPS) is 21.7. The van der Waals surface area contributed by atoms with Gasteiger partial charge in [0.05, 0.1) is 19.8 Å². The van der Waals surface area contributed by atoms with Crippen LogP contribution in [0.25, 0.3) is 0 Å². The number of amides is 4. The summed E-state index contributed by atoms with van der Waals surface area (Å²) in [5.74, 6) is -0.310. The van der Waals surface area contributed by atoms with E-state index in [-0.39, 0.29) is 29.6 Å². The van der Waals surface area contributed by atoms with Crippen LogP contribution in [0.5, 0.6) is 28.7 Å². The highest BCUT2D eigenvalue weighted by molar-refractivity contribution is 6.00. The summed E-state index contributed by atoms with van der Waals surface area (Å²) in [7, 11) is 3.29. The van der Waals surface area contributed by atoms with Crippen molar-refractivity contribution in [3.8, 4) is 28.7 Å². The molecular weight excluding hydrogens is 678 g/mol. The molecule has 4 aliphatic heterocycles. The SMILES string of the molecule is COc1cc2c(cc1OC)CN(C1CCN(C(=O)[C@@H]3Cc4ccc(cc4)Oc4ccc(O)c(c4)C(=O)N[C@@H](C(C)C)C(=O)N[C@@H](C)C(=O)N3)CC1)CC2. The molecule has 4 N–H and O–H groups in total. The molecule has 4 amide bonds. The molecule has 13 nitrogen and oxygen atoms in total. The van der Waals surface area contributed by atoms with Crippen LogP contribution in [0.4, 0.5) is 0 Å². The van der Waals surface area contributed by atoms with E-state index in [2.05, 4.69) is 33.0 Å². The van der Waals surface area contributed by atoms with Gasteiger partial charge < -0.3 is 40.2 Å². The fourth-order valence-electron chi connectivity index (χ4n) is 7.33. The summed E-state index contributed by atoms with van der Waals surface area (Å²) < 4.78 is 17.0. The number of aromatic hydroxyl groups is 1. The molecule has 3 atom stereocenters. The number of methoxy groups -OCH3 is 2. The second-order valence-electron chi connectivity index (χ2n) is 14.4. The van der Waals surface area contributed by atoms with E-state index in [0.717, 1.165) is 43.7 Å². The monoisotopic (exact) mass is 727 g/mol. The number of nitrogens with one attached hydrogen (secondary N) is 3. The van der Waals surface area contributed by atoms with Gasteiger partial charge in [0.15, 0.2) is 11.5 Å². The molecule has 0 radical (unpaired) electrons. The Bertz CT molecular complexity index is 1840. The van der Waals surface area contributed by atoms with Crippen LogP contribution < -0.4 is 30.2 Å². The van der Waals surface area contributed by atoms with Gasteiger partial charge in [0.2, 0.25) is 17.7 Å². The maximum Gasteiger partial charge on any atom is 0.255 e. The fourth-order valence-corrected chi connectivity index (χ4v) is 7.33. The second-order valence-corrected chi connectivity index (χ2v) is 14.4. The van der Waals surface area contributed by atoms with Crippen molar-refractivity contribution >= 4 is 23.6 Å². The molecule has 0 spiro atoms. The van der Waals surface area contributed by atoms with Gasteiger partial charge in [0.1, 0.15) is 35.4 Å². The Morgan fingerprint density at radius 3 is 2.17 bits per heavy atom. The van der Waals surface area contributed by atoms with Crippen molar-refractivity contribution in [2.75, 3.05) is 33.9 Å². The Morgan fingerprint density at radius 1 is 0.849 bits per heavy atom. The lowest BCUT2D eigenvalue weighted by Crippen LogP contribution is -2.58. The predicted octanol–water partition coefficient (Wildman–Crippen LogP) is 3.55. The summed E-state index contributed by atoms with van der Waals surface area (Å²) in [6.07, 6.45) is 2.74. The van der Waals surface area contributed by atoms with E-state index in [9.17, 15) is 24.3 Å². The average molecular weight is 728 g/mol. The molecule has 0 aromatic heterocycles. The number of fused-ring (bicyclic) bond motifs is 12. The molecule has 3 aromatic rings. The zero-order chi connectivity index (χ0) is 37.8. The lowest BCUT2D eigenvalue weighted by Gasteiger charge is -2.41. The smallest absolute Gasteiger partial charge is 0.255 e. The summed E-state index contributed by atoms with van der Waals surface area (Å²) in [5.41, 5.74) is 3.23. The van der Waals surface area contributed by atoms with E-state index >= 15 is 0 Å². The Balaban J connectivity index is 1.18. The number of phenolic OH excluding ortho intramolecular Hbond substituents is 1. The highest BCUT2D eigenvalue weighted by atomic mass is 16.5. The Hall–Kier alpha value is -5.30. The van der Waals surface area contributed by atoms with E-state index in [1.807, 2.05) is 17.0 Å². The maximum absolute atomic E-state index is 14.2. The molecule has 1 fully saturated rings.